The monoisotopic (exact) mass is 214 g/mol. The molecule has 1 amide bonds. The normalized spacial score (nSPS) is 13.7. The molecule has 90 valence electrons. The number of carbonyl (C=O) groups is 1. The maximum absolute atomic E-state index is 11.4. The lowest BCUT2D eigenvalue weighted by Gasteiger charge is -2.22. The lowest BCUT2D eigenvalue weighted by atomic mass is 9.87. The van der Waals surface area contributed by atoms with E-state index in [0.29, 0.717) is 6.42 Å². The van der Waals surface area contributed by atoms with Gasteiger partial charge in [-0.25, -0.2) is 0 Å². The Balaban J connectivity index is 3.67. The molecule has 0 aliphatic carbocycles. The molecule has 0 bridgehead atoms. The minimum Gasteiger partial charge on any atom is -0.356 e. The van der Waals surface area contributed by atoms with E-state index in [2.05, 4.69) is 33.0 Å². The summed E-state index contributed by atoms with van der Waals surface area (Å²) in [5.41, 5.74) is 6.10. The second-order valence-electron chi connectivity index (χ2n) is 5.43. The van der Waals surface area contributed by atoms with E-state index in [9.17, 15) is 4.79 Å². The van der Waals surface area contributed by atoms with Gasteiger partial charge in [0.2, 0.25) is 5.91 Å². The molecule has 0 aromatic rings. The average Bonchev–Trinajstić information content (AvgIpc) is 2.00. The quantitative estimate of drug-likeness (QED) is 0.665. The van der Waals surface area contributed by atoms with Gasteiger partial charge >= 0.3 is 0 Å². The third-order valence-corrected chi connectivity index (χ3v) is 2.17. The fourth-order valence-corrected chi connectivity index (χ4v) is 1.57. The van der Waals surface area contributed by atoms with Crippen molar-refractivity contribution in [3.63, 3.8) is 0 Å². The van der Waals surface area contributed by atoms with E-state index in [-0.39, 0.29) is 17.4 Å². The van der Waals surface area contributed by atoms with E-state index in [1.807, 2.05) is 0 Å². The van der Waals surface area contributed by atoms with Gasteiger partial charge in [-0.3, -0.25) is 4.79 Å². The molecule has 3 heteroatoms. The van der Waals surface area contributed by atoms with E-state index in [1.54, 1.807) is 0 Å². The van der Waals surface area contributed by atoms with Gasteiger partial charge in [-0.1, -0.05) is 34.1 Å². The molecule has 1 unspecified atom stereocenters. The lowest BCUT2D eigenvalue weighted by molar-refractivity contribution is -0.121. The highest BCUT2D eigenvalue weighted by Crippen LogP contribution is 2.20. The van der Waals surface area contributed by atoms with Crippen LogP contribution in [0.25, 0.3) is 0 Å². The van der Waals surface area contributed by atoms with Gasteiger partial charge in [0.25, 0.3) is 0 Å². The summed E-state index contributed by atoms with van der Waals surface area (Å²) in [6, 6.07) is -0.0216. The number of rotatable bonds is 6. The minimum atomic E-state index is -0.0216. The number of carbonyl (C=O) groups excluding carboxylic acids is 1. The predicted molar refractivity (Wildman–Crippen MR) is 64.6 cm³/mol. The Morgan fingerprint density at radius 3 is 2.47 bits per heavy atom. The first kappa shape index (κ1) is 14.4. The minimum absolute atomic E-state index is 0.0216. The standard InChI is InChI=1S/C12H26N2O/c1-5-6-7-14-11(15)8-10(13)9-12(2,3)4/h10H,5-9,13H2,1-4H3,(H,14,15). The van der Waals surface area contributed by atoms with Crippen LogP contribution in [0.15, 0.2) is 0 Å². The number of nitrogens with one attached hydrogen (secondary N) is 1. The molecule has 0 fully saturated rings. The van der Waals surface area contributed by atoms with Gasteiger partial charge in [0.05, 0.1) is 0 Å². The van der Waals surface area contributed by atoms with Crippen molar-refractivity contribution in [3.05, 3.63) is 0 Å². The Morgan fingerprint density at radius 2 is 2.00 bits per heavy atom. The lowest BCUT2D eigenvalue weighted by Crippen LogP contribution is -2.34. The van der Waals surface area contributed by atoms with Crippen LogP contribution in [-0.2, 0) is 4.79 Å². The van der Waals surface area contributed by atoms with Crippen LogP contribution in [0.5, 0.6) is 0 Å². The molecule has 1 atom stereocenters. The van der Waals surface area contributed by atoms with Crippen molar-refractivity contribution in [2.24, 2.45) is 11.1 Å². The first-order valence-corrected chi connectivity index (χ1v) is 5.87. The van der Waals surface area contributed by atoms with Crippen LogP contribution in [0.3, 0.4) is 0 Å². The number of amides is 1. The third kappa shape index (κ3) is 9.73. The smallest absolute Gasteiger partial charge is 0.221 e. The summed E-state index contributed by atoms with van der Waals surface area (Å²) in [6.07, 6.45) is 3.48. The topological polar surface area (TPSA) is 55.1 Å². The van der Waals surface area contributed by atoms with Crippen molar-refractivity contribution in [3.8, 4) is 0 Å². The van der Waals surface area contributed by atoms with Crippen molar-refractivity contribution in [2.75, 3.05) is 6.54 Å². The van der Waals surface area contributed by atoms with Gasteiger partial charge in [0, 0.05) is 19.0 Å². The van der Waals surface area contributed by atoms with Crippen LogP contribution in [0.2, 0.25) is 0 Å². The number of hydrogen-bond acceptors (Lipinski definition) is 2. The maximum Gasteiger partial charge on any atom is 0.221 e. The van der Waals surface area contributed by atoms with Crippen LogP contribution in [0.1, 0.15) is 53.4 Å². The summed E-state index contributed by atoms with van der Waals surface area (Å²) < 4.78 is 0. The van der Waals surface area contributed by atoms with Crippen LogP contribution < -0.4 is 11.1 Å². The fourth-order valence-electron chi connectivity index (χ4n) is 1.57. The molecular formula is C12H26N2O. The highest BCUT2D eigenvalue weighted by atomic mass is 16.1. The zero-order valence-electron chi connectivity index (χ0n) is 10.6. The summed E-state index contributed by atoms with van der Waals surface area (Å²) >= 11 is 0. The third-order valence-electron chi connectivity index (χ3n) is 2.17. The number of hydrogen-bond donors (Lipinski definition) is 2. The van der Waals surface area contributed by atoms with E-state index < -0.39 is 0 Å². The molecule has 0 aromatic heterocycles. The maximum atomic E-state index is 11.4. The van der Waals surface area contributed by atoms with Gasteiger partial charge in [-0.2, -0.15) is 0 Å². The SMILES string of the molecule is CCCCNC(=O)CC(N)CC(C)(C)C. The van der Waals surface area contributed by atoms with E-state index in [0.717, 1.165) is 25.8 Å². The highest BCUT2D eigenvalue weighted by molar-refractivity contribution is 5.76. The predicted octanol–water partition coefficient (Wildman–Crippen LogP) is 2.06. The molecule has 15 heavy (non-hydrogen) atoms. The Hall–Kier alpha value is -0.570. The summed E-state index contributed by atoms with van der Waals surface area (Å²) in [4.78, 5) is 11.4. The van der Waals surface area contributed by atoms with Crippen molar-refractivity contribution in [1.29, 1.82) is 0 Å². The largest absolute Gasteiger partial charge is 0.356 e. The number of unbranched alkanes of at least 4 members (excludes halogenated alkanes) is 1. The molecule has 3 nitrogen and oxygen atoms in total. The summed E-state index contributed by atoms with van der Waals surface area (Å²) in [5.74, 6) is 0.0835. The van der Waals surface area contributed by atoms with Gasteiger partial charge in [-0.05, 0) is 18.3 Å². The molecule has 0 saturated carbocycles. The Bertz CT molecular complexity index is 185. The molecule has 0 radical (unpaired) electrons. The van der Waals surface area contributed by atoms with Gasteiger partial charge in [0.15, 0.2) is 0 Å². The molecule has 0 spiro atoms. The van der Waals surface area contributed by atoms with Crippen molar-refractivity contribution in [1.82, 2.24) is 5.32 Å². The summed E-state index contributed by atoms with van der Waals surface area (Å²) in [7, 11) is 0. The van der Waals surface area contributed by atoms with Crippen molar-refractivity contribution >= 4 is 5.91 Å². The Labute approximate surface area is 93.8 Å². The first-order valence-electron chi connectivity index (χ1n) is 5.87. The van der Waals surface area contributed by atoms with Crippen molar-refractivity contribution < 1.29 is 4.79 Å². The molecule has 3 N–H and O–H groups in total. The van der Waals surface area contributed by atoms with Crippen molar-refractivity contribution in [2.45, 2.75) is 59.4 Å². The van der Waals surface area contributed by atoms with Crippen LogP contribution in [-0.4, -0.2) is 18.5 Å². The van der Waals surface area contributed by atoms with Crippen LogP contribution in [0.4, 0.5) is 0 Å². The molecule has 0 aromatic carbocycles. The highest BCUT2D eigenvalue weighted by Gasteiger charge is 2.17. The molecule has 0 aliphatic rings. The Morgan fingerprint density at radius 1 is 1.40 bits per heavy atom. The van der Waals surface area contributed by atoms with Gasteiger partial charge in [-0.15, -0.1) is 0 Å². The summed E-state index contributed by atoms with van der Waals surface area (Å²) in [6.45, 7) is 9.31. The summed E-state index contributed by atoms with van der Waals surface area (Å²) in [5, 5.41) is 2.88. The number of nitrogens with two attached hydrogens (primary N) is 1. The van der Waals surface area contributed by atoms with Crippen LogP contribution >= 0.6 is 0 Å². The van der Waals surface area contributed by atoms with Gasteiger partial charge < -0.3 is 11.1 Å². The first-order chi connectivity index (χ1) is 6.85. The van der Waals surface area contributed by atoms with E-state index in [4.69, 9.17) is 5.73 Å². The molecule has 0 saturated heterocycles. The van der Waals surface area contributed by atoms with E-state index in [1.165, 1.54) is 0 Å². The zero-order chi connectivity index (χ0) is 11.9. The molecule has 0 rings (SSSR count). The van der Waals surface area contributed by atoms with Gasteiger partial charge in [0.1, 0.15) is 0 Å². The average molecular weight is 214 g/mol. The molecular weight excluding hydrogens is 188 g/mol. The fraction of sp³-hybridized carbons (Fsp3) is 0.917. The van der Waals surface area contributed by atoms with E-state index >= 15 is 0 Å². The van der Waals surface area contributed by atoms with Crippen LogP contribution in [0, 0.1) is 5.41 Å². The molecule has 0 heterocycles. The second kappa shape index (κ2) is 6.83. The molecule has 0 aliphatic heterocycles. The Kier molecular flexibility index (Phi) is 6.57. The second-order valence-corrected chi connectivity index (χ2v) is 5.43. The zero-order valence-corrected chi connectivity index (χ0v) is 10.6.